The number of carbonyl (C=O) groups is 1. The molecule has 0 bridgehead atoms. The highest BCUT2D eigenvalue weighted by Gasteiger charge is 2.30. The topological polar surface area (TPSA) is 47.6 Å². The van der Waals surface area contributed by atoms with Crippen molar-refractivity contribution < 1.29 is 27.4 Å². The van der Waals surface area contributed by atoms with Gasteiger partial charge in [-0.25, -0.2) is 0 Å². The molecular weight excluding hydrogens is 359 g/mol. The van der Waals surface area contributed by atoms with Gasteiger partial charge in [0.25, 0.3) is 0 Å². The fourth-order valence-electron chi connectivity index (χ4n) is 2.83. The highest BCUT2D eigenvalue weighted by molar-refractivity contribution is 5.79. The third-order valence-corrected chi connectivity index (χ3v) is 4.26. The van der Waals surface area contributed by atoms with Gasteiger partial charge in [-0.2, -0.15) is 13.2 Å². The Kier molecular flexibility index (Phi) is 6.36. The van der Waals surface area contributed by atoms with E-state index < -0.39 is 11.7 Å². The van der Waals surface area contributed by atoms with Crippen molar-refractivity contribution in [2.45, 2.75) is 32.5 Å². The molecule has 4 nitrogen and oxygen atoms in total. The van der Waals surface area contributed by atoms with E-state index in [1.165, 1.54) is 19.2 Å². The van der Waals surface area contributed by atoms with Crippen LogP contribution in [0.4, 0.5) is 13.2 Å². The van der Waals surface area contributed by atoms with Crippen LogP contribution in [0.1, 0.15) is 35.2 Å². The van der Waals surface area contributed by atoms with Crippen molar-refractivity contribution in [1.29, 1.82) is 0 Å². The Morgan fingerprint density at radius 1 is 1.07 bits per heavy atom. The first-order valence-corrected chi connectivity index (χ1v) is 8.33. The quantitative estimate of drug-likeness (QED) is 0.804. The summed E-state index contributed by atoms with van der Waals surface area (Å²) in [5, 5.41) is 2.86. The summed E-state index contributed by atoms with van der Waals surface area (Å²) in [6, 6.07) is 7.91. The first-order valence-electron chi connectivity index (χ1n) is 8.33. The summed E-state index contributed by atoms with van der Waals surface area (Å²) in [5.41, 5.74) is 1.57. The van der Waals surface area contributed by atoms with Gasteiger partial charge >= 0.3 is 6.18 Å². The second-order valence-electron chi connectivity index (χ2n) is 6.22. The van der Waals surface area contributed by atoms with E-state index in [-0.39, 0.29) is 18.4 Å². The number of halogens is 3. The summed E-state index contributed by atoms with van der Waals surface area (Å²) in [5.74, 6) is 0.875. The molecule has 2 aromatic rings. The van der Waals surface area contributed by atoms with Gasteiger partial charge in [-0.1, -0.05) is 12.1 Å². The van der Waals surface area contributed by atoms with Crippen LogP contribution in [0, 0.1) is 6.92 Å². The molecule has 0 fully saturated rings. The number of benzene rings is 2. The van der Waals surface area contributed by atoms with E-state index in [1.807, 2.05) is 19.9 Å². The first kappa shape index (κ1) is 20.6. The van der Waals surface area contributed by atoms with Crippen molar-refractivity contribution in [3.63, 3.8) is 0 Å². The van der Waals surface area contributed by atoms with Gasteiger partial charge in [0.05, 0.1) is 32.2 Å². The van der Waals surface area contributed by atoms with Gasteiger partial charge in [-0.05, 0) is 54.8 Å². The number of rotatable bonds is 6. The average molecular weight is 381 g/mol. The number of ether oxygens (including phenoxy) is 2. The standard InChI is InChI=1S/C20H22F3NO3/c1-12-9-17(26-3)18(27-4)11-16(12)13(2)24-19(25)10-14-5-7-15(8-6-14)20(21,22)23/h5-9,11,13H,10H2,1-4H3,(H,24,25). The predicted octanol–water partition coefficient (Wildman–Crippen LogP) is 4.45. The third kappa shape index (κ3) is 5.15. The van der Waals surface area contributed by atoms with E-state index in [9.17, 15) is 18.0 Å². The lowest BCUT2D eigenvalue weighted by Gasteiger charge is -2.19. The van der Waals surface area contributed by atoms with Crippen molar-refractivity contribution >= 4 is 5.91 Å². The van der Waals surface area contributed by atoms with Crippen LogP contribution < -0.4 is 14.8 Å². The van der Waals surface area contributed by atoms with Gasteiger partial charge in [0, 0.05) is 0 Å². The molecule has 146 valence electrons. The van der Waals surface area contributed by atoms with Crippen molar-refractivity contribution in [3.8, 4) is 11.5 Å². The second kappa shape index (κ2) is 8.33. The largest absolute Gasteiger partial charge is 0.493 e. The van der Waals surface area contributed by atoms with E-state index in [2.05, 4.69) is 5.32 Å². The van der Waals surface area contributed by atoms with Crippen LogP contribution in [0.5, 0.6) is 11.5 Å². The highest BCUT2D eigenvalue weighted by Crippen LogP contribution is 2.33. The minimum Gasteiger partial charge on any atom is -0.493 e. The molecule has 1 N–H and O–H groups in total. The summed E-state index contributed by atoms with van der Waals surface area (Å²) < 4.78 is 48.3. The van der Waals surface area contributed by atoms with E-state index in [0.29, 0.717) is 17.1 Å². The molecule has 1 atom stereocenters. The lowest BCUT2D eigenvalue weighted by molar-refractivity contribution is -0.137. The number of hydrogen-bond acceptors (Lipinski definition) is 3. The molecule has 0 heterocycles. The molecule has 1 amide bonds. The molecule has 7 heteroatoms. The number of amides is 1. The minimum atomic E-state index is -4.39. The predicted molar refractivity (Wildman–Crippen MR) is 96.0 cm³/mol. The zero-order valence-electron chi connectivity index (χ0n) is 15.6. The molecule has 0 aliphatic heterocycles. The smallest absolute Gasteiger partial charge is 0.416 e. The third-order valence-electron chi connectivity index (χ3n) is 4.26. The molecule has 0 radical (unpaired) electrons. The molecule has 0 aliphatic carbocycles. The second-order valence-corrected chi connectivity index (χ2v) is 6.22. The maximum Gasteiger partial charge on any atom is 0.416 e. The number of hydrogen-bond donors (Lipinski definition) is 1. The van der Waals surface area contributed by atoms with Crippen molar-refractivity contribution in [1.82, 2.24) is 5.32 Å². The molecule has 1 unspecified atom stereocenters. The Labute approximate surface area is 156 Å². The highest BCUT2D eigenvalue weighted by atomic mass is 19.4. The molecule has 0 spiro atoms. The fourth-order valence-corrected chi connectivity index (χ4v) is 2.83. The number of alkyl halides is 3. The monoisotopic (exact) mass is 381 g/mol. The Hall–Kier alpha value is -2.70. The van der Waals surface area contributed by atoms with Gasteiger partial charge < -0.3 is 14.8 Å². The van der Waals surface area contributed by atoms with E-state index in [1.54, 1.807) is 13.2 Å². The summed E-state index contributed by atoms with van der Waals surface area (Å²) >= 11 is 0. The Bertz CT molecular complexity index is 801. The van der Waals surface area contributed by atoms with Crippen LogP contribution in [0.15, 0.2) is 36.4 Å². The number of aryl methyl sites for hydroxylation is 1. The first-order chi connectivity index (χ1) is 12.7. The van der Waals surface area contributed by atoms with Crippen LogP contribution in [0.2, 0.25) is 0 Å². The van der Waals surface area contributed by atoms with Gasteiger partial charge in [0.2, 0.25) is 5.91 Å². The van der Waals surface area contributed by atoms with Crippen LogP contribution in [-0.4, -0.2) is 20.1 Å². The molecular formula is C20H22F3NO3. The van der Waals surface area contributed by atoms with Gasteiger partial charge in [-0.15, -0.1) is 0 Å². The van der Waals surface area contributed by atoms with E-state index in [0.717, 1.165) is 23.3 Å². The molecule has 2 aromatic carbocycles. The molecule has 0 aliphatic rings. The molecule has 2 rings (SSSR count). The van der Waals surface area contributed by atoms with E-state index in [4.69, 9.17) is 9.47 Å². The Balaban J connectivity index is 2.07. The number of nitrogens with one attached hydrogen (secondary N) is 1. The van der Waals surface area contributed by atoms with Crippen molar-refractivity contribution in [3.05, 3.63) is 58.7 Å². The summed E-state index contributed by atoms with van der Waals surface area (Å²) in [7, 11) is 3.08. The summed E-state index contributed by atoms with van der Waals surface area (Å²) in [4.78, 5) is 12.3. The van der Waals surface area contributed by atoms with Crippen molar-refractivity contribution in [2.24, 2.45) is 0 Å². The fraction of sp³-hybridized carbons (Fsp3) is 0.350. The van der Waals surface area contributed by atoms with Crippen LogP contribution in [0.3, 0.4) is 0 Å². The average Bonchev–Trinajstić information content (AvgIpc) is 2.60. The van der Waals surface area contributed by atoms with E-state index >= 15 is 0 Å². The molecule has 0 saturated heterocycles. The minimum absolute atomic E-state index is 0.00514. The maximum atomic E-state index is 12.6. The van der Waals surface area contributed by atoms with Crippen LogP contribution in [-0.2, 0) is 17.4 Å². The molecule has 0 saturated carbocycles. The maximum absolute atomic E-state index is 12.6. The number of carbonyl (C=O) groups excluding carboxylic acids is 1. The zero-order valence-corrected chi connectivity index (χ0v) is 15.6. The van der Waals surface area contributed by atoms with Gasteiger partial charge in [0.15, 0.2) is 11.5 Å². The Morgan fingerprint density at radius 2 is 1.63 bits per heavy atom. The number of methoxy groups -OCH3 is 2. The lowest BCUT2D eigenvalue weighted by atomic mass is 10.0. The van der Waals surface area contributed by atoms with Gasteiger partial charge in [0.1, 0.15) is 0 Å². The molecule has 0 aromatic heterocycles. The SMILES string of the molecule is COc1cc(C)c(C(C)NC(=O)Cc2ccc(C(F)(F)F)cc2)cc1OC. The Morgan fingerprint density at radius 3 is 2.15 bits per heavy atom. The molecule has 27 heavy (non-hydrogen) atoms. The van der Waals surface area contributed by atoms with Crippen LogP contribution >= 0.6 is 0 Å². The lowest BCUT2D eigenvalue weighted by Crippen LogP contribution is -2.28. The zero-order chi connectivity index (χ0) is 20.2. The normalized spacial score (nSPS) is 12.4. The van der Waals surface area contributed by atoms with Crippen molar-refractivity contribution in [2.75, 3.05) is 14.2 Å². The summed E-state index contributed by atoms with van der Waals surface area (Å²) in [6.45, 7) is 3.73. The summed E-state index contributed by atoms with van der Waals surface area (Å²) in [6.07, 6.45) is -4.39. The van der Waals surface area contributed by atoms with Gasteiger partial charge in [-0.3, -0.25) is 4.79 Å². The van der Waals surface area contributed by atoms with Crippen LogP contribution in [0.25, 0.3) is 0 Å².